The normalized spacial score (nSPS) is 14.8. The fraction of sp³-hybridized carbons (Fsp3) is 0.733. The van der Waals surface area contributed by atoms with E-state index in [2.05, 4.69) is 44.5 Å². The highest BCUT2D eigenvalue weighted by Crippen LogP contribution is 2.32. The lowest BCUT2D eigenvalue weighted by Gasteiger charge is -2.27. The van der Waals surface area contributed by atoms with Crippen LogP contribution in [-0.4, -0.2) is 6.54 Å². The number of hydrogen-bond donors (Lipinski definition) is 1. The molecular formula is C15H27NS. The number of unbranched alkanes of at least 4 members (excludes halogenated alkanes) is 1. The summed E-state index contributed by atoms with van der Waals surface area (Å²) in [6.07, 6.45) is 5.27. The lowest BCUT2D eigenvalue weighted by atomic mass is 9.87. The van der Waals surface area contributed by atoms with E-state index in [1.807, 2.05) is 11.3 Å². The Morgan fingerprint density at radius 2 is 2.06 bits per heavy atom. The topological polar surface area (TPSA) is 12.0 Å². The molecule has 2 heteroatoms. The first-order valence-electron chi connectivity index (χ1n) is 7.01. The minimum absolute atomic E-state index is 0.558. The van der Waals surface area contributed by atoms with Crippen molar-refractivity contribution in [2.45, 2.75) is 59.4 Å². The Kier molecular flexibility index (Phi) is 6.83. The number of nitrogens with one attached hydrogen (secondary N) is 1. The highest BCUT2D eigenvalue weighted by atomic mass is 32.1. The summed E-state index contributed by atoms with van der Waals surface area (Å²) in [5, 5.41) is 5.92. The van der Waals surface area contributed by atoms with E-state index in [0.29, 0.717) is 6.04 Å². The van der Waals surface area contributed by atoms with Crippen LogP contribution in [0.5, 0.6) is 0 Å². The Labute approximate surface area is 111 Å². The number of hydrogen-bond acceptors (Lipinski definition) is 2. The minimum Gasteiger partial charge on any atom is -0.310 e. The maximum absolute atomic E-state index is 3.69. The first-order chi connectivity index (χ1) is 8.24. The van der Waals surface area contributed by atoms with Crippen molar-refractivity contribution in [3.63, 3.8) is 0 Å². The van der Waals surface area contributed by atoms with Crippen LogP contribution in [0.4, 0.5) is 0 Å². The maximum Gasteiger partial charge on any atom is 0.0359 e. The van der Waals surface area contributed by atoms with Crippen LogP contribution in [0, 0.1) is 12.8 Å². The Balaban J connectivity index is 2.79. The fourth-order valence-electron chi connectivity index (χ4n) is 2.54. The van der Waals surface area contributed by atoms with Crippen molar-refractivity contribution >= 4 is 11.3 Å². The summed E-state index contributed by atoms with van der Waals surface area (Å²) in [5.41, 5.74) is 1.53. The molecule has 1 N–H and O–H groups in total. The van der Waals surface area contributed by atoms with Crippen molar-refractivity contribution < 1.29 is 0 Å². The molecule has 0 saturated heterocycles. The SMILES string of the molecule is CCCCC(CC)C(NCC)c1ccsc1C. The Hall–Kier alpha value is -0.340. The molecule has 1 aromatic heterocycles. The largest absolute Gasteiger partial charge is 0.310 e. The monoisotopic (exact) mass is 253 g/mol. The zero-order chi connectivity index (χ0) is 12.7. The highest BCUT2D eigenvalue weighted by Gasteiger charge is 2.22. The van der Waals surface area contributed by atoms with Crippen molar-refractivity contribution in [2.75, 3.05) is 6.54 Å². The van der Waals surface area contributed by atoms with Gasteiger partial charge in [-0.15, -0.1) is 11.3 Å². The number of aryl methyl sites for hydroxylation is 1. The lowest BCUT2D eigenvalue weighted by molar-refractivity contribution is 0.327. The third-order valence-electron chi connectivity index (χ3n) is 3.58. The van der Waals surface area contributed by atoms with Crippen LogP contribution >= 0.6 is 11.3 Å². The molecule has 0 aliphatic carbocycles. The van der Waals surface area contributed by atoms with E-state index in [9.17, 15) is 0 Å². The predicted octanol–water partition coefficient (Wildman–Crippen LogP) is 4.92. The molecule has 0 radical (unpaired) electrons. The molecular weight excluding hydrogens is 226 g/mol. The summed E-state index contributed by atoms with van der Waals surface area (Å²) >= 11 is 1.87. The van der Waals surface area contributed by atoms with Gasteiger partial charge in [-0.25, -0.2) is 0 Å². The molecule has 98 valence electrons. The molecule has 0 aromatic carbocycles. The molecule has 2 atom stereocenters. The van der Waals surface area contributed by atoms with Crippen molar-refractivity contribution in [3.8, 4) is 0 Å². The van der Waals surface area contributed by atoms with Crippen LogP contribution in [0.1, 0.15) is 62.9 Å². The first kappa shape index (κ1) is 14.7. The molecule has 2 unspecified atom stereocenters. The van der Waals surface area contributed by atoms with E-state index in [4.69, 9.17) is 0 Å². The average Bonchev–Trinajstić information content (AvgIpc) is 2.75. The van der Waals surface area contributed by atoms with Crippen LogP contribution < -0.4 is 5.32 Å². The summed E-state index contributed by atoms with van der Waals surface area (Å²) in [7, 11) is 0. The molecule has 0 fully saturated rings. The second kappa shape index (κ2) is 7.88. The van der Waals surface area contributed by atoms with Gasteiger partial charge in [0.25, 0.3) is 0 Å². The fourth-order valence-corrected chi connectivity index (χ4v) is 3.29. The molecule has 1 aromatic rings. The summed E-state index contributed by atoms with van der Waals surface area (Å²) in [6, 6.07) is 2.87. The first-order valence-corrected chi connectivity index (χ1v) is 7.89. The van der Waals surface area contributed by atoms with Gasteiger partial charge in [0.2, 0.25) is 0 Å². The maximum atomic E-state index is 3.69. The predicted molar refractivity (Wildman–Crippen MR) is 78.8 cm³/mol. The van der Waals surface area contributed by atoms with Gasteiger partial charge in [-0.3, -0.25) is 0 Å². The molecule has 17 heavy (non-hydrogen) atoms. The molecule has 0 spiro atoms. The van der Waals surface area contributed by atoms with Gasteiger partial charge in [-0.2, -0.15) is 0 Å². The van der Waals surface area contributed by atoms with Crippen LogP contribution in [0.15, 0.2) is 11.4 Å². The summed E-state index contributed by atoms with van der Waals surface area (Å²) in [6.45, 7) is 10.1. The number of rotatable bonds is 8. The molecule has 0 amide bonds. The van der Waals surface area contributed by atoms with E-state index in [1.54, 1.807) is 0 Å². The molecule has 1 nitrogen and oxygen atoms in total. The second-order valence-corrected chi connectivity index (χ2v) is 5.90. The lowest BCUT2D eigenvalue weighted by Crippen LogP contribution is -2.28. The Morgan fingerprint density at radius 1 is 1.29 bits per heavy atom. The van der Waals surface area contributed by atoms with E-state index >= 15 is 0 Å². The molecule has 1 heterocycles. The minimum atomic E-state index is 0.558. The van der Waals surface area contributed by atoms with Crippen molar-refractivity contribution in [3.05, 3.63) is 21.9 Å². The van der Waals surface area contributed by atoms with Crippen molar-refractivity contribution in [1.82, 2.24) is 5.32 Å². The highest BCUT2D eigenvalue weighted by molar-refractivity contribution is 7.10. The molecule has 1 rings (SSSR count). The van der Waals surface area contributed by atoms with Gasteiger partial charge in [0.05, 0.1) is 0 Å². The third kappa shape index (κ3) is 4.11. The van der Waals surface area contributed by atoms with E-state index in [-0.39, 0.29) is 0 Å². The van der Waals surface area contributed by atoms with Gasteiger partial charge in [-0.05, 0) is 42.8 Å². The summed E-state index contributed by atoms with van der Waals surface area (Å²) in [4.78, 5) is 1.48. The van der Waals surface area contributed by atoms with E-state index < -0.39 is 0 Å². The molecule has 0 saturated carbocycles. The van der Waals surface area contributed by atoms with Gasteiger partial charge in [0, 0.05) is 10.9 Å². The average molecular weight is 253 g/mol. The van der Waals surface area contributed by atoms with Gasteiger partial charge in [0.1, 0.15) is 0 Å². The smallest absolute Gasteiger partial charge is 0.0359 e. The third-order valence-corrected chi connectivity index (χ3v) is 4.44. The summed E-state index contributed by atoms with van der Waals surface area (Å²) in [5.74, 6) is 0.781. The second-order valence-electron chi connectivity index (χ2n) is 4.78. The Morgan fingerprint density at radius 3 is 2.53 bits per heavy atom. The van der Waals surface area contributed by atoms with Gasteiger partial charge < -0.3 is 5.32 Å². The van der Waals surface area contributed by atoms with Gasteiger partial charge in [-0.1, -0.05) is 40.0 Å². The Bertz CT molecular complexity index is 306. The molecule has 0 bridgehead atoms. The molecule has 0 aliphatic rings. The molecule has 0 aliphatic heterocycles. The quantitative estimate of drug-likeness (QED) is 0.693. The zero-order valence-electron chi connectivity index (χ0n) is 11.8. The number of thiophene rings is 1. The van der Waals surface area contributed by atoms with Crippen molar-refractivity contribution in [2.24, 2.45) is 5.92 Å². The van der Waals surface area contributed by atoms with Crippen LogP contribution in [0.25, 0.3) is 0 Å². The van der Waals surface area contributed by atoms with Gasteiger partial charge >= 0.3 is 0 Å². The van der Waals surface area contributed by atoms with Crippen LogP contribution in [0.3, 0.4) is 0 Å². The standard InChI is InChI=1S/C15H27NS/c1-5-8-9-13(6-2)15(16-7-3)14-10-11-17-12(14)4/h10-11,13,15-16H,5-9H2,1-4H3. The van der Waals surface area contributed by atoms with E-state index in [0.717, 1.165) is 12.5 Å². The van der Waals surface area contributed by atoms with Crippen LogP contribution in [0.2, 0.25) is 0 Å². The van der Waals surface area contributed by atoms with E-state index in [1.165, 1.54) is 36.1 Å². The van der Waals surface area contributed by atoms with Crippen molar-refractivity contribution in [1.29, 1.82) is 0 Å². The summed E-state index contributed by atoms with van der Waals surface area (Å²) < 4.78 is 0. The zero-order valence-corrected chi connectivity index (χ0v) is 12.6. The van der Waals surface area contributed by atoms with Gasteiger partial charge in [0.15, 0.2) is 0 Å². The van der Waals surface area contributed by atoms with Crippen LogP contribution in [-0.2, 0) is 0 Å².